The highest BCUT2D eigenvalue weighted by Crippen LogP contribution is 2.34. The lowest BCUT2D eigenvalue weighted by atomic mass is 10.1. The average Bonchev–Trinajstić information content (AvgIpc) is 3.16. The summed E-state index contributed by atoms with van der Waals surface area (Å²) in [7, 11) is 0. The summed E-state index contributed by atoms with van der Waals surface area (Å²) in [5, 5.41) is 3.02. The molecule has 2 aliphatic heterocycles. The van der Waals surface area contributed by atoms with Gasteiger partial charge in [0.05, 0.1) is 0 Å². The van der Waals surface area contributed by atoms with Crippen molar-refractivity contribution in [2.75, 3.05) is 38.3 Å². The van der Waals surface area contributed by atoms with Gasteiger partial charge in [-0.2, -0.15) is 0 Å². The average molecular weight is 369 g/mol. The van der Waals surface area contributed by atoms with Crippen molar-refractivity contribution < 1.29 is 24.1 Å². The second kappa shape index (κ2) is 7.98. The molecule has 1 fully saturated rings. The summed E-state index contributed by atoms with van der Waals surface area (Å²) < 4.78 is 10.7. The van der Waals surface area contributed by atoms with Crippen LogP contribution in [0.3, 0.4) is 0 Å². The first-order valence-electron chi connectivity index (χ1n) is 9.61. The first-order chi connectivity index (χ1) is 13.2. The standard InChI is InChI=1S/C21H25N3O3/c1-16(21(25)22-18-7-8-19-20(13-18)27-15-26-19)24-11-9-23(10-12-24)14-17-5-3-2-4-6-17/h2-8,13,16H,9-12,14-15H2,1H3,(H,22,25)/p+2/t16-/m0/s1. The molecule has 142 valence electrons. The van der Waals surface area contributed by atoms with E-state index >= 15 is 0 Å². The van der Waals surface area contributed by atoms with E-state index in [9.17, 15) is 4.79 Å². The molecular weight excluding hydrogens is 342 g/mol. The second-order valence-corrected chi connectivity index (χ2v) is 7.35. The van der Waals surface area contributed by atoms with Crippen molar-refractivity contribution in [3.63, 3.8) is 0 Å². The molecule has 2 aromatic rings. The number of ether oxygens (including phenoxy) is 2. The molecular formula is C21H27N3O3+2. The number of hydrogen-bond acceptors (Lipinski definition) is 3. The molecule has 2 aromatic carbocycles. The number of nitrogens with one attached hydrogen (secondary N) is 3. The normalized spacial score (nSPS) is 22.3. The third kappa shape index (κ3) is 4.23. The van der Waals surface area contributed by atoms with Crippen molar-refractivity contribution in [2.24, 2.45) is 0 Å². The van der Waals surface area contributed by atoms with Crippen molar-refractivity contribution in [2.45, 2.75) is 19.5 Å². The Labute approximate surface area is 159 Å². The van der Waals surface area contributed by atoms with Crippen molar-refractivity contribution in [3.8, 4) is 11.5 Å². The lowest BCUT2D eigenvalue weighted by Crippen LogP contribution is -3.29. The van der Waals surface area contributed by atoms with Crippen LogP contribution in [0.4, 0.5) is 5.69 Å². The molecule has 2 aliphatic rings. The zero-order valence-electron chi connectivity index (χ0n) is 15.7. The Bertz CT molecular complexity index is 789. The lowest BCUT2D eigenvalue weighted by molar-refractivity contribution is -1.02. The van der Waals surface area contributed by atoms with Crippen LogP contribution in [0.25, 0.3) is 0 Å². The zero-order valence-corrected chi connectivity index (χ0v) is 15.7. The summed E-state index contributed by atoms with van der Waals surface area (Å²) in [6.07, 6.45) is 0. The smallest absolute Gasteiger partial charge is 0.282 e. The van der Waals surface area contributed by atoms with Gasteiger partial charge >= 0.3 is 0 Å². The Kier molecular flexibility index (Phi) is 5.27. The van der Waals surface area contributed by atoms with Crippen LogP contribution < -0.4 is 24.6 Å². The minimum atomic E-state index is -0.0753. The van der Waals surface area contributed by atoms with E-state index in [2.05, 4.69) is 35.6 Å². The molecule has 1 saturated heterocycles. The monoisotopic (exact) mass is 369 g/mol. The van der Waals surface area contributed by atoms with Gasteiger partial charge in [-0.15, -0.1) is 0 Å². The predicted molar refractivity (Wildman–Crippen MR) is 102 cm³/mol. The first-order valence-corrected chi connectivity index (χ1v) is 9.61. The number of carbonyl (C=O) groups is 1. The fourth-order valence-electron chi connectivity index (χ4n) is 3.83. The topological polar surface area (TPSA) is 56.4 Å². The first kappa shape index (κ1) is 17.8. The molecule has 6 nitrogen and oxygen atoms in total. The largest absolute Gasteiger partial charge is 0.454 e. The minimum absolute atomic E-state index is 0.0513. The van der Waals surface area contributed by atoms with E-state index in [1.54, 1.807) is 4.90 Å². The van der Waals surface area contributed by atoms with E-state index < -0.39 is 0 Å². The highest BCUT2D eigenvalue weighted by atomic mass is 16.7. The summed E-state index contributed by atoms with van der Waals surface area (Å²) in [6, 6.07) is 16.1. The van der Waals surface area contributed by atoms with E-state index in [4.69, 9.17) is 9.47 Å². The quantitative estimate of drug-likeness (QED) is 0.680. The number of amides is 1. The molecule has 4 rings (SSSR count). The van der Waals surface area contributed by atoms with E-state index in [1.807, 2.05) is 25.1 Å². The summed E-state index contributed by atoms with van der Waals surface area (Å²) in [5.74, 6) is 1.46. The van der Waals surface area contributed by atoms with Crippen LogP contribution in [0.5, 0.6) is 11.5 Å². The van der Waals surface area contributed by atoms with Crippen LogP contribution in [0.1, 0.15) is 12.5 Å². The number of hydrogen-bond donors (Lipinski definition) is 3. The Hall–Kier alpha value is -2.57. The van der Waals surface area contributed by atoms with E-state index in [0.717, 1.165) is 44.2 Å². The van der Waals surface area contributed by atoms with E-state index in [-0.39, 0.29) is 18.7 Å². The number of benzene rings is 2. The summed E-state index contributed by atoms with van der Waals surface area (Å²) in [6.45, 7) is 7.52. The Morgan fingerprint density at radius 3 is 2.56 bits per heavy atom. The van der Waals surface area contributed by atoms with Crippen molar-refractivity contribution in [1.29, 1.82) is 0 Å². The Balaban J connectivity index is 1.28. The highest BCUT2D eigenvalue weighted by molar-refractivity contribution is 5.93. The van der Waals surface area contributed by atoms with Gasteiger partial charge in [0.15, 0.2) is 17.5 Å². The molecule has 0 aromatic heterocycles. The number of fused-ring (bicyclic) bond motifs is 1. The molecule has 0 unspecified atom stereocenters. The summed E-state index contributed by atoms with van der Waals surface area (Å²) in [5.41, 5.74) is 2.13. The fourth-order valence-corrected chi connectivity index (χ4v) is 3.83. The SMILES string of the molecule is C[C@@H](C(=O)Nc1ccc2c(c1)OCO2)[NH+]1CC[NH+](Cc2ccccc2)CC1. The number of rotatable bonds is 5. The number of piperazine rings is 1. The van der Waals surface area contributed by atoms with Crippen LogP contribution in [-0.4, -0.2) is 44.9 Å². The van der Waals surface area contributed by atoms with Gasteiger partial charge in [-0.1, -0.05) is 30.3 Å². The van der Waals surface area contributed by atoms with E-state index in [0.29, 0.717) is 5.75 Å². The second-order valence-electron chi connectivity index (χ2n) is 7.35. The summed E-state index contributed by atoms with van der Waals surface area (Å²) in [4.78, 5) is 15.6. The maximum Gasteiger partial charge on any atom is 0.282 e. The summed E-state index contributed by atoms with van der Waals surface area (Å²) >= 11 is 0. The van der Waals surface area contributed by atoms with Crippen LogP contribution in [0, 0.1) is 0 Å². The van der Waals surface area contributed by atoms with Crippen LogP contribution >= 0.6 is 0 Å². The van der Waals surface area contributed by atoms with Crippen molar-refractivity contribution in [3.05, 3.63) is 54.1 Å². The van der Waals surface area contributed by atoms with E-state index in [1.165, 1.54) is 10.5 Å². The lowest BCUT2D eigenvalue weighted by Gasteiger charge is -2.32. The Morgan fingerprint density at radius 1 is 1.04 bits per heavy atom. The molecule has 1 atom stereocenters. The van der Waals surface area contributed by atoms with Crippen molar-refractivity contribution in [1.82, 2.24) is 0 Å². The van der Waals surface area contributed by atoms with Crippen LogP contribution in [0.2, 0.25) is 0 Å². The third-order valence-electron chi connectivity index (χ3n) is 5.54. The molecule has 0 radical (unpaired) electrons. The Morgan fingerprint density at radius 2 is 1.78 bits per heavy atom. The third-order valence-corrected chi connectivity index (χ3v) is 5.54. The van der Waals surface area contributed by atoms with Gasteiger partial charge in [0.1, 0.15) is 32.7 Å². The molecule has 3 N–H and O–H groups in total. The van der Waals surface area contributed by atoms with Gasteiger partial charge in [0.25, 0.3) is 5.91 Å². The molecule has 1 amide bonds. The number of carbonyl (C=O) groups excluding carboxylic acids is 1. The predicted octanol–water partition coefficient (Wildman–Crippen LogP) is -0.274. The zero-order chi connectivity index (χ0) is 18.6. The maximum atomic E-state index is 12.7. The van der Waals surface area contributed by atoms with Crippen LogP contribution in [0.15, 0.2) is 48.5 Å². The minimum Gasteiger partial charge on any atom is -0.454 e. The molecule has 0 spiro atoms. The number of anilines is 1. The molecule has 6 heteroatoms. The molecule has 27 heavy (non-hydrogen) atoms. The van der Waals surface area contributed by atoms with Gasteiger partial charge < -0.3 is 24.6 Å². The van der Waals surface area contributed by atoms with Gasteiger partial charge in [-0.05, 0) is 19.1 Å². The van der Waals surface area contributed by atoms with Gasteiger partial charge in [-0.3, -0.25) is 4.79 Å². The van der Waals surface area contributed by atoms with Gasteiger partial charge in [0.2, 0.25) is 6.79 Å². The van der Waals surface area contributed by atoms with Crippen molar-refractivity contribution >= 4 is 11.6 Å². The molecule has 0 aliphatic carbocycles. The molecule has 2 heterocycles. The van der Waals surface area contributed by atoms with Crippen LogP contribution in [-0.2, 0) is 11.3 Å². The fraction of sp³-hybridized carbons (Fsp3) is 0.381. The number of quaternary nitrogens is 2. The van der Waals surface area contributed by atoms with Gasteiger partial charge in [0, 0.05) is 17.3 Å². The van der Waals surface area contributed by atoms with Gasteiger partial charge in [-0.25, -0.2) is 0 Å². The molecule has 0 bridgehead atoms. The molecule has 0 saturated carbocycles. The highest BCUT2D eigenvalue weighted by Gasteiger charge is 2.31. The maximum absolute atomic E-state index is 12.7.